The number of aliphatic hydroxyl groups excluding tert-OH is 1. The van der Waals surface area contributed by atoms with Gasteiger partial charge in [0, 0.05) is 6.07 Å². The van der Waals surface area contributed by atoms with Crippen molar-refractivity contribution < 1.29 is 9.84 Å². The Balaban J connectivity index is 2.09. The van der Waals surface area contributed by atoms with Crippen molar-refractivity contribution in [3.63, 3.8) is 0 Å². The van der Waals surface area contributed by atoms with Crippen LogP contribution in [0.2, 0.25) is 0 Å². The van der Waals surface area contributed by atoms with E-state index in [2.05, 4.69) is 9.97 Å². The molecular formula is C12H18N2O2. The summed E-state index contributed by atoms with van der Waals surface area (Å²) >= 11 is 0. The molecule has 0 spiro atoms. The zero-order valence-corrected chi connectivity index (χ0v) is 9.59. The van der Waals surface area contributed by atoms with Crippen LogP contribution in [-0.2, 0) is 0 Å². The molecule has 1 aliphatic rings. The number of aliphatic hydroxyl groups is 1. The van der Waals surface area contributed by atoms with Gasteiger partial charge in [0.1, 0.15) is 6.33 Å². The Labute approximate surface area is 95.7 Å². The molecule has 1 fully saturated rings. The number of aromatic nitrogens is 2. The molecule has 1 atom stereocenters. The van der Waals surface area contributed by atoms with Crippen LogP contribution >= 0.6 is 0 Å². The molecule has 2 rings (SSSR count). The molecule has 1 aromatic rings. The summed E-state index contributed by atoms with van der Waals surface area (Å²) in [5.41, 5.74) is 0.679. The monoisotopic (exact) mass is 222 g/mol. The molecule has 1 N–H and O–H groups in total. The molecule has 1 aliphatic carbocycles. The number of hydrogen-bond donors (Lipinski definition) is 1. The van der Waals surface area contributed by atoms with E-state index in [-0.39, 0.29) is 0 Å². The van der Waals surface area contributed by atoms with Crippen LogP contribution in [0.25, 0.3) is 0 Å². The minimum Gasteiger partial charge on any atom is -0.481 e. The van der Waals surface area contributed by atoms with Gasteiger partial charge in [-0.15, -0.1) is 0 Å². The highest BCUT2D eigenvalue weighted by atomic mass is 16.5. The normalized spacial score (nSPS) is 19.4. The molecule has 0 bridgehead atoms. The number of ether oxygens (including phenoxy) is 1. The summed E-state index contributed by atoms with van der Waals surface area (Å²) in [6.07, 6.45) is 6.86. The molecule has 1 heterocycles. The SMILES string of the molecule is COc1cc(C(O)C2CCCCC2)ncn1. The molecular weight excluding hydrogens is 204 g/mol. The Morgan fingerprint density at radius 3 is 2.75 bits per heavy atom. The van der Waals surface area contributed by atoms with Gasteiger partial charge in [-0.05, 0) is 18.8 Å². The predicted octanol–water partition coefficient (Wildman–Crippen LogP) is 2.10. The van der Waals surface area contributed by atoms with Crippen LogP contribution in [0.15, 0.2) is 12.4 Å². The number of methoxy groups -OCH3 is 1. The lowest BCUT2D eigenvalue weighted by molar-refractivity contribution is 0.0807. The average molecular weight is 222 g/mol. The molecule has 16 heavy (non-hydrogen) atoms. The minimum atomic E-state index is -0.475. The summed E-state index contributed by atoms with van der Waals surface area (Å²) in [7, 11) is 1.57. The molecule has 1 aromatic heterocycles. The van der Waals surface area contributed by atoms with Crippen LogP contribution in [0.4, 0.5) is 0 Å². The smallest absolute Gasteiger partial charge is 0.216 e. The Hall–Kier alpha value is -1.16. The van der Waals surface area contributed by atoms with Crippen LogP contribution in [0, 0.1) is 5.92 Å². The lowest BCUT2D eigenvalue weighted by atomic mass is 9.84. The van der Waals surface area contributed by atoms with Gasteiger partial charge in [0.15, 0.2) is 0 Å². The fraction of sp³-hybridized carbons (Fsp3) is 0.667. The maximum atomic E-state index is 10.2. The summed E-state index contributed by atoms with van der Waals surface area (Å²) in [6.45, 7) is 0. The fourth-order valence-electron chi connectivity index (χ4n) is 2.32. The summed E-state index contributed by atoms with van der Waals surface area (Å²) in [4.78, 5) is 8.06. The second-order valence-corrected chi connectivity index (χ2v) is 4.33. The highest BCUT2D eigenvalue weighted by Crippen LogP contribution is 2.33. The van der Waals surface area contributed by atoms with E-state index in [9.17, 15) is 5.11 Å². The molecule has 4 nitrogen and oxygen atoms in total. The van der Waals surface area contributed by atoms with E-state index in [1.165, 1.54) is 25.6 Å². The Morgan fingerprint density at radius 2 is 2.06 bits per heavy atom. The van der Waals surface area contributed by atoms with E-state index in [0.717, 1.165) is 12.8 Å². The number of hydrogen-bond acceptors (Lipinski definition) is 4. The average Bonchev–Trinajstić information content (AvgIpc) is 2.39. The third kappa shape index (κ3) is 2.50. The summed E-state index contributed by atoms with van der Waals surface area (Å²) in [5.74, 6) is 0.855. The Morgan fingerprint density at radius 1 is 1.31 bits per heavy atom. The van der Waals surface area contributed by atoms with Crippen molar-refractivity contribution in [2.75, 3.05) is 7.11 Å². The summed E-state index contributed by atoms with van der Waals surface area (Å²) in [5, 5.41) is 10.2. The minimum absolute atomic E-state index is 0.341. The van der Waals surface area contributed by atoms with Crippen molar-refractivity contribution >= 4 is 0 Å². The summed E-state index contributed by atoms with van der Waals surface area (Å²) in [6, 6.07) is 1.72. The molecule has 4 heteroatoms. The first kappa shape index (κ1) is 11.3. The van der Waals surface area contributed by atoms with Gasteiger partial charge in [-0.3, -0.25) is 0 Å². The molecule has 0 radical (unpaired) electrons. The molecule has 1 unspecified atom stereocenters. The zero-order chi connectivity index (χ0) is 11.4. The zero-order valence-electron chi connectivity index (χ0n) is 9.59. The van der Waals surface area contributed by atoms with E-state index in [4.69, 9.17) is 4.74 Å². The van der Waals surface area contributed by atoms with Crippen molar-refractivity contribution in [1.82, 2.24) is 9.97 Å². The van der Waals surface area contributed by atoms with Gasteiger partial charge in [-0.25, -0.2) is 9.97 Å². The van der Waals surface area contributed by atoms with Crippen molar-refractivity contribution in [2.24, 2.45) is 5.92 Å². The second-order valence-electron chi connectivity index (χ2n) is 4.33. The second kappa shape index (κ2) is 5.25. The summed E-state index contributed by atoms with van der Waals surface area (Å²) < 4.78 is 5.03. The van der Waals surface area contributed by atoms with Crippen LogP contribution in [0.1, 0.15) is 43.9 Å². The predicted molar refractivity (Wildman–Crippen MR) is 60.1 cm³/mol. The van der Waals surface area contributed by atoms with Gasteiger partial charge in [0.2, 0.25) is 5.88 Å². The fourth-order valence-corrected chi connectivity index (χ4v) is 2.32. The molecule has 0 aromatic carbocycles. The molecule has 0 amide bonds. The van der Waals surface area contributed by atoms with Crippen molar-refractivity contribution in [3.8, 4) is 5.88 Å². The van der Waals surface area contributed by atoms with Crippen LogP contribution in [0.3, 0.4) is 0 Å². The third-order valence-electron chi connectivity index (χ3n) is 3.27. The van der Waals surface area contributed by atoms with Crippen LogP contribution < -0.4 is 4.74 Å². The first-order valence-electron chi connectivity index (χ1n) is 5.85. The standard InChI is InChI=1S/C12H18N2O2/c1-16-11-7-10(13-8-14-11)12(15)9-5-3-2-4-6-9/h7-9,12,15H,2-6H2,1H3. The lowest BCUT2D eigenvalue weighted by Crippen LogP contribution is -2.17. The Bertz CT molecular complexity index is 338. The van der Waals surface area contributed by atoms with E-state index >= 15 is 0 Å². The molecule has 88 valence electrons. The van der Waals surface area contributed by atoms with Gasteiger partial charge in [-0.1, -0.05) is 19.3 Å². The molecule has 1 saturated carbocycles. The topological polar surface area (TPSA) is 55.2 Å². The molecule has 0 saturated heterocycles. The van der Waals surface area contributed by atoms with E-state index < -0.39 is 6.10 Å². The molecule has 0 aliphatic heterocycles. The van der Waals surface area contributed by atoms with Crippen molar-refractivity contribution in [3.05, 3.63) is 18.1 Å². The van der Waals surface area contributed by atoms with Gasteiger partial charge in [0.25, 0.3) is 0 Å². The van der Waals surface area contributed by atoms with E-state index in [0.29, 0.717) is 17.5 Å². The van der Waals surface area contributed by atoms with Gasteiger partial charge in [-0.2, -0.15) is 0 Å². The van der Waals surface area contributed by atoms with Crippen LogP contribution in [-0.4, -0.2) is 22.2 Å². The first-order valence-corrected chi connectivity index (χ1v) is 5.85. The van der Waals surface area contributed by atoms with Gasteiger partial charge < -0.3 is 9.84 Å². The van der Waals surface area contributed by atoms with E-state index in [1.807, 2.05) is 0 Å². The third-order valence-corrected chi connectivity index (χ3v) is 3.27. The maximum Gasteiger partial charge on any atom is 0.216 e. The van der Waals surface area contributed by atoms with Gasteiger partial charge >= 0.3 is 0 Å². The lowest BCUT2D eigenvalue weighted by Gasteiger charge is -2.26. The van der Waals surface area contributed by atoms with E-state index in [1.54, 1.807) is 13.2 Å². The quantitative estimate of drug-likeness (QED) is 0.851. The maximum absolute atomic E-state index is 10.2. The number of rotatable bonds is 3. The highest BCUT2D eigenvalue weighted by molar-refractivity contribution is 5.15. The van der Waals surface area contributed by atoms with Crippen molar-refractivity contribution in [2.45, 2.75) is 38.2 Å². The number of nitrogens with zero attached hydrogens (tertiary/aromatic N) is 2. The van der Waals surface area contributed by atoms with Gasteiger partial charge in [0.05, 0.1) is 18.9 Å². The first-order chi connectivity index (χ1) is 7.81. The Kier molecular flexibility index (Phi) is 3.72. The van der Waals surface area contributed by atoms with Crippen LogP contribution in [0.5, 0.6) is 5.88 Å². The van der Waals surface area contributed by atoms with Crippen molar-refractivity contribution in [1.29, 1.82) is 0 Å². The highest BCUT2D eigenvalue weighted by Gasteiger charge is 2.24. The largest absolute Gasteiger partial charge is 0.481 e.